The largest absolute Gasteiger partial charge is 0.450 e. The Balaban J connectivity index is 2.08. The number of nitrogens with zero attached hydrogens (tertiary/aromatic N) is 1. The maximum atomic E-state index is 11.5. The van der Waals surface area contributed by atoms with Crippen molar-refractivity contribution in [3.05, 3.63) is 29.8 Å². The molecule has 0 aliphatic carbocycles. The quantitative estimate of drug-likeness (QED) is 0.764. The molecule has 1 aliphatic heterocycles. The topological polar surface area (TPSA) is 41.6 Å². The van der Waals surface area contributed by atoms with Crippen molar-refractivity contribution in [1.82, 2.24) is 4.90 Å². The van der Waals surface area contributed by atoms with Crippen LogP contribution in [-0.2, 0) is 11.3 Å². The molecule has 4 heteroatoms. The monoisotopic (exact) mass is 206 g/mol. The second kappa shape index (κ2) is 4.21. The van der Waals surface area contributed by atoms with Crippen molar-refractivity contribution in [2.24, 2.45) is 0 Å². The fourth-order valence-corrected chi connectivity index (χ4v) is 1.62. The number of hydrogen-bond donors (Lipinski definition) is 1. The Kier molecular flexibility index (Phi) is 2.76. The minimum atomic E-state index is -0.264. The van der Waals surface area contributed by atoms with Crippen LogP contribution in [0.15, 0.2) is 24.3 Å². The van der Waals surface area contributed by atoms with Gasteiger partial charge in [0.25, 0.3) is 0 Å². The van der Waals surface area contributed by atoms with Gasteiger partial charge in [0.15, 0.2) is 0 Å². The molecule has 1 heterocycles. The molecule has 0 saturated carbocycles. The summed E-state index contributed by atoms with van der Waals surface area (Å²) in [6, 6.07) is 7.96. The highest BCUT2D eigenvalue weighted by Crippen LogP contribution is 2.21. The van der Waals surface area contributed by atoms with Crippen LogP contribution in [0.5, 0.6) is 0 Å². The maximum absolute atomic E-state index is 11.5. The first-order valence-corrected chi connectivity index (χ1v) is 5.04. The van der Waals surface area contributed by atoms with E-state index in [1.165, 1.54) is 0 Å². The molecular formula is C11H14N2O2. The van der Waals surface area contributed by atoms with Crippen LogP contribution in [-0.4, -0.2) is 24.3 Å². The minimum absolute atomic E-state index is 0.264. The highest BCUT2D eigenvalue weighted by atomic mass is 16.6. The summed E-state index contributed by atoms with van der Waals surface area (Å²) in [5.41, 5.74) is 2.22. The SMILES string of the molecule is CCOC(=O)N1CNc2ccccc2C1. The highest BCUT2D eigenvalue weighted by Gasteiger charge is 2.20. The van der Waals surface area contributed by atoms with Crippen LogP contribution in [0.4, 0.5) is 10.5 Å². The number of rotatable bonds is 1. The summed E-state index contributed by atoms with van der Waals surface area (Å²) in [4.78, 5) is 13.1. The van der Waals surface area contributed by atoms with Crippen molar-refractivity contribution in [3.63, 3.8) is 0 Å². The van der Waals surface area contributed by atoms with Gasteiger partial charge in [-0.25, -0.2) is 4.79 Å². The molecule has 80 valence electrons. The predicted molar refractivity (Wildman–Crippen MR) is 57.5 cm³/mol. The van der Waals surface area contributed by atoms with Crippen LogP contribution < -0.4 is 5.32 Å². The lowest BCUT2D eigenvalue weighted by molar-refractivity contribution is 0.106. The Labute approximate surface area is 88.8 Å². The molecule has 1 N–H and O–H groups in total. The van der Waals surface area contributed by atoms with E-state index < -0.39 is 0 Å². The number of benzene rings is 1. The Morgan fingerprint density at radius 3 is 3.13 bits per heavy atom. The first kappa shape index (κ1) is 9.83. The Morgan fingerprint density at radius 1 is 1.53 bits per heavy atom. The van der Waals surface area contributed by atoms with E-state index in [9.17, 15) is 4.79 Å². The fraction of sp³-hybridized carbons (Fsp3) is 0.364. The number of fused-ring (bicyclic) bond motifs is 1. The molecule has 0 fully saturated rings. The predicted octanol–water partition coefficient (Wildman–Crippen LogP) is 2.03. The molecule has 1 amide bonds. The summed E-state index contributed by atoms with van der Waals surface area (Å²) < 4.78 is 4.94. The molecule has 1 aromatic carbocycles. The first-order chi connectivity index (χ1) is 7.31. The molecule has 2 rings (SSSR count). The summed E-state index contributed by atoms with van der Waals surface area (Å²) in [5.74, 6) is 0. The molecule has 0 unspecified atom stereocenters. The average Bonchev–Trinajstić information content (AvgIpc) is 2.29. The number of amides is 1. The zero-order chi connectivity index (χ0) is 10.7. The van der Waals surface area contributed by atoms with Crippen molar-refractivity contribution in [3.8, 4) is 0 Å². The van der Waals surface area contributed by atoms with Gasteiger partial charge < -0.3 is 10.1 Å². The molecule has 1 aromatic rings. The Hall–Kier alpha value is -1.71. The molecule has 1 aliphatic rings. The molecule has 0 spiro atoms. The van der Waals surface area contributed by atoms with Gasteiger partial charge in [0.1, 0.15) is 0 Å². The standard InChI is InChI=1S/C11H14N2O2/c1-2-15-11(14)13-7-9-5-3-4-6-10(9)12-8-13/h3-6,12H,2,7-8H2,1H3. The van der Waals surface area contributed by atoms with Crippen LogP contribution in [0, 0.1) is 0 Å². The number of hydrogen-bond acceptors (Lipinski definition) is 3. The van der Waals surface area contributed by atoms with E-state index >= 15 is 0 Å². The van der Waals surface area contributed by atoms with Crippen molar-refractivity contribution in [2.45, 2.75) is 13.5 Å². The molecule has 0 saturated heterocycles. The molecular weight excluding hydrogens is 192 g/mol. The second-order valence-corrected chi connectivity index (χ2v) is 3.39. The number of para-hydroxylation sites is 1. The number of nitrogens with one attached hydrogen (secondary N) is 1. The zero-order valence-electron chi connectivity index (χ0n) is 8.69. The fourth-order valence-electron chi connectivity index (χ4n) is 1.62. The third kappa shape index (κ3) is 2.03. The first-order valence-electron chi connectivity index (χ1n) is 5.04. The molecule has 4 nitrogen and oxygen atoms in total. The van der Waals surface area contributed by atoms with Gasteiger partial charge in [0, 0.05) is 5.69 Å². The highest BCUT2D eigenvalue weighted by molar-refractivity contribution is 5.69. The molecule has 0 radical (unpaired) electrons. The molecule has 0 bridgehead atoms. The lowest BCUT2D eigenvalue weighted by Gasteiger charge is -2.28. The maximum Gasteiger partial charge on any atom is 0.411 e. The molecule has 0 atom stereocenters. The van der Waals surface area contributed by atoms with Gasteiger partial charge in [-0.15, -0.1) is 0 Å². The van der Waals surface area contributed by atoms with Gasteiger partial charge in [0.05, 0.1) is 19.8 Å². The van der Waals surface area contributed by atoms with Crippen molar-refractivity contribution in [1.29, 1.82) is 0 Å². The smallest absolute Gasteiger partial charge is 0.411 e. The van der Waals surface area contributed by atoms with Gasteiger partial charge in [-0.1, -0.05) is 18.2 Å². The van der Waals surface area contributed by atoms with E-state index in [0.29, 0.717) is 19.8 Å². The van der Waals surface area contributed by atoms with E-state index in [-0.39, 0.29) is 6.09 Å². The zero-order valence-corrected chi connectivity index (χ0v) is 8.69. The van der Waals surface area contributed by atoms with E-state index in [1.54, 1.807) is 4.90 Å². The third-order valence-electron chi connectivity index (χ3n) is 2.36. The number of carbonyl (C=O) groups excluding carboxylic acids is 1. The van der Waals surface area contributed by atoms with E-state index in [0.717, 1.165) is 11.3 Å². The third-order valence-corrected chi connectivity index (χ3v) is 2.36. The summed E-state index contributed by atoms with van der Waals surface area (Å²) in [6.45, 7) is 3.35. The molecule has 15 heavy (non-hydrogen) atoms. The van der Waals surface area contributed by atoms with Crippen LogP contribution in [0.1, 0.15) is 12.5 Å². The molecule has 0 aromatic heterocycles. The van der Waals surface area contributed by atoms with Crippen LogP contribution >= 0.6 is 0 Å². The van der Waals surface area contributed by atoms with Crippen LogP contribution in [0.2, 0.25) is 0 Å². The summed E-state index contributed by atoms with van der Waals surface area (Å²) in [6.07, 6.45) is -0.264. The Bertz CT molecular complexity index is 365. The average molecular weight is 206 g/mol. The van der Waals surface area contributed by atoms with Crippen molar-refractivity contribution in [2.75, 3.05) is 18.6 Å². The van der Waals surface area contributed by atoms with Crippen LogP contribution in [0.3, 0.4) is 0 Å². The summed E-state index contributed by atoms with van der Waals surface area (Å²) in [5, 5.41) is 3.18. The summed E-state index contributed by atoms with van der Waals surface area (Å²) >= 11 is 0. The number of carbonyl (C=O) groups is 1. The Morgan fingerprint density at radius 2 is 2.33 bits per heavy atom. The lowest BCUT2D eigenvalue weighted by Crippen LogP contribution is -2.38. The van der Waals surface area contributed by atoms with E-state index in [1.807, 2.05) is 31.2 Å². The summed E-state index contributed by atoms with van der Waals surface area (Å²) in [7, 11) is 0. The number of anilines is 1. The van der Waals surface area contributed by atoms with Gasteiger partial charge in [-0.05, 0) is 18.6 Å². The van der Waals surface area contributed by atoms with Gasteiger partial charge in [-0.2, -0.15) is 0 Å². The van der Waals surface area contributed by atoms with E-state index in [4.69, 9.17) is 4.74 Å². The number of ether oxygens (including phenoxy) is 1. The normalized spacial score (nSPS) is 14.1. The second-order valence-electron chi connectivity index (χ2n) is 3.39. The van der Waals surface area contributed by atoms with E-state index in [2.05, 4.69) is 5.32 Å². The van der Waals surface area contributed by atoms with Gasteiger partial charge in [-0.3, -0.25) is 4.90 Å². The van der Waals surface area contributed by atoms with Gasteiger partial charge in [0.2, 0.25) is 0 Å². The minimum Gasteiger partial charge on any atom is -0.450 e. The lowest BCUT2D eigenvalue weighted by atomic mass is 10.1. The van der Waals surface area contributed by atoms with Crippen molar-refractivity contribution >= 4 is 11.8 Å². The van der Waals surface area contributed by atoms with Crippen molar-refractivity contribution < 1.29 is 9.53 Å². The van der Waals surface area contributed by atoms with Crippen LogP contribution in [0.25, 0.3) is 0 Å². The van der Waals surface area contributed by atoms with Gasteiger partial charge >= 0.3 is 6.09 Å².